The normalized spacial score (nSPS) is 13.4. The van der Waals surface area contributed by atoms with Gasteiger partial charge in [-0.1, -0.05) is 47.6 Å². The predicted octanol–water partition coefficient (Wildman–Crippen LogP) is 6.44. The molecule has 2 aromatic carbocycles. The third-order valence-corrected chi connectivity index (χ3v) is 7.90. The van der Waals surface area contributed by atoms with Gasteiger partial charge < -0.3 is 20.1 Å². The molecule has 6 rings (SSSR count). The second-order valence-electron chi connectivity index (χ2n) is 9.39. The minimum atomic E-state index is -0.425. The number of hydrogen-bond acceptors (Lipinski definition) is 7. The summed E-state index contributed by atoms with van der Waals surface area (Å²) in [6.45, 7) is 5.04. The number of aryl methyl sites for hydroxylation is 1. The predicted molar refractivity (Wildman–Crippen MR) is 162 cm³/mol. The highest BCUT2D eigenvalue weighted by atomic mass is 35.5. The Labute approximate surface area is 241 Å². The summed E-state index contributed by atoms with van der Waals surface area (Å²) in [5.41, 5.74) is 2.58. The smallest absolute Gasteiger partial charge is 0.326 e. The number of nitrogens with zero attached hydrogens (tertiary/aromatic N) is 5. The number of aromatic amines is 1. The molecule has 9 nitrogen and oxygen atoms in total. The van der Waals surface area contributed by atoms with Crippen LogP contribution in [0.15, 0.2) is 89.0 Å². The Morgan fingerprint density at radius 3 is 2.48 bits per heavy atom. The molecule has 4 heterocycles. The Morgan fingerprint density at radius 2 is 1.70 bits per heavy atom. The largest absolute Gasteiger partial charge is 0.360 e. The summed E-state index contributed by atoms with van der Waals surface area (Å²) >= 11 is 7.60. The summed E-state index contributed by atoms with van der Waals surface area (Å²) < 4.78 is 0. The van der Waals surface area contributed by atoms with Crippen molar-refractivity contribution in [1.82, 2.24) is 19.9 Å². The molecule has 2 amide bonds. The summed E-state index contributed by atoms with van der Waals surface area (Å²) in [4.78, 5) is 35.7. The second-order valence-corrected chi connectivity index (χ2v) is 10.9. The molecule has 0 spiro atoms. The number of para-hydroxylation sites is 1. The maximum absolute atomic E-state index is 12.9. The van der Waals surface area contributed by atoms with Gasteiger partial charge in [0.15, 0.2) is 0 Å². The van der Waals surface area contributed by atoms with Crippen molar-refractivity contribution in [2.45, 2.75) is 16.8 Å². The number of benzene rings is 2. The zero-order valence-corrected chi connectivity index (χ0v) is 23.3. The number of aromatic nitrogens is 4. The number of carbonyl (C=O) groups is 1. The van der Waals surface area contributed by atoms with Crippen LogP contribution < -0.4 is 20.4 Å². The highest BCUT2D eigenvalue weighted by molar-refractivity contribution is 7.99. The summed E-state index contributed by atoms with van der Waals surface area (Å²) in [5, 5.41) is 8.16. The van der Waals surface area contributed by atoms with Gasteiger partial charge >= 0.3 is 6.03 Å². The number of hydrogen-bond donors (Lipinski definition) is 3. The maximum Gasteiger partial charge on any atom is 0.326 e. The lowest BCUT2D eigenvalue weighted by Gasteiger charge is -2.36. The van der Waals surface area contributed by atoms with Gasteiger partial charge in [0.05, 0.1) is 0 Å². The van der Waals surface area contributed by atoms with Crippen LogP contribution >= 0.6 is 23.4 Å². The number of halogens is 1. The van der Waals surface area contributed by atoms with E-state index in [-0.39, 0.29) is 5.95 Å². The Bertz CT molecular complexity index is 1650. The summed E-state index contributed by atoms with van der Waals surface area (Å²) in [6.07, 6.45) is 3.79. The Kier molecular flexibility index (Phi) is 7.43. The maximum atomic E-state index is 12.9. The van der Waals surface area contributed by atoms with Gasteiger partial charge in [0.1, 0.15) is 16.7 Å². The first-order chi connectivity index (χ1) is 19.5. The van der Waals surface area contributed by atoms with Gasteiger partial charge in [0.2, 0.25) is 5.95 Å². The van der Waals surface area contributed by atoms with Crippen molar-refractivity contribution in [2.24, 2.45) is 0 Å². The SMILES string of the molecule is Cc1cc(Cl)ccc1NC(=O)Nc1nc(Sc2c[nH]c3ccccc23)cc(N2CCN(c3ccccn3)CC2)n1. The summed E-state index contributed by atoms with van der Waals surface area (Å²) in [5.74, 6) is 1.96. The Morgan fingerprint density at radius 1 is 0.925 bits per heavy atom. The molecule has 3 aromatic heterocycles. The molecule has 3 N–H and O–H groups in total. The van der Waals surface area contributed by atoms with E-state index < -0.39 is 6.03 Å². The lowest BCUT2D eigenvalue weighted by atomic mass is 10.2. The van der Waals surface area contributed by atoms with Gasteiger partial charge in [-0.05, 0) is 48.9 Å². The van der Waals surface area contributed by atoms with Gasteiger partial charge in [-0.2, -0.15) is 4.98 Å². The zero-order chi connectivity index (χ0) is 27.5. The molecule has 202 valence electrons. The van der Waals surface area contributed by atoms with Crippen molar-refractivity contribution < 1.29 is 4.79 Å². The van der Waals surface area contributed by atoms with Crippen molar-refractivity contribution in [3.63, 3.8) is 0 Å². The van der Waals surface area contributed by atoms with E-state index in [4.69, 9.17) is 16.6 Å². The minimum absolute atomic E-state index is 0.233. The van der Waals surface area contributed by atoms with Gasteiger partial charge in [0, 0.05) is 71.1 Å². The van der Waals surface area contributed by atoms with Crippen LogP contribution in [0.25, 0.3) is 10.9 Å². The average molecular weight is 571 g/mol. The minimum Gasteiger partial charge on any atom is -0.360 e. The fourth-order valence-corrected chi connectivity index (χ4v) is 5.81. The number of nitrogens with one attached hydrogen (secondary N) is 3. The molecule has 40 heavy (non-hydrogen) atoms. The lowest BCUT2D eigenvalue weighted by Crippen LogP contribution is -2.47. The van der Waals surface area contributed by atoms with Crippen LogP contribution in [0, 0.1) is 6.92 Å². The van der Waals surface area contributed by atoms with E-state index in [1.165, 1.54) is 11.8 Å². The molecule has 5 aromatic rings. The quantitative estimate of drug-likeness (QED) is 0.202. The van der Waals surface area contributed by atoms with Crippen molar-refractivity contribution in [3.05, 3.63) is 89.7 Å². The van der Waals surface area contributed by atoms with Gasteiger partial charge in [0.25, 0.3) is 0 Å². The van der Waals surface area contributed by atoms with E-state index in [0.29, 0.717) is 10.7 Å². The number of pyridine rings is 1. The zero-order valence-electron chi connectivity index (χ0n) is 21.8. The number of carbonyl (C=O) groups excluding carboxylic acids is 1. The average Bonchev–Trinajstić information content (AvgIpc) is 3.37. The molecule has 0 bridgehead atoms. The van der Waals surface area contributed by atoms with E-state index in [1.54, 1.807) is 18.2 Å². The first kappa shape index (κ1) is 26.0. The number of urea groups is 1. The van der Waals surface area contributed by atoms with Crippen LogP contribution in [0.4, 0.5) is 28.1 Å². The number of rotatable bonds is 6. The van der Waals surface area contributed by atoms with Crippen LogP contribution in [0.3, 0.4) is 0 Å². The first-order valence-corrected chi connectivity index (χ1v) is 14.1. The first-order valence-electron chi connectivity index (χ1n) is 12.9. The molecule has 0 atom stereocenters. The molecular formula is C29H27ClN8OS. The third-order valence-electron chi connectivity index (χ3n) is 6.69. The fourth-order valence-electron chi connectivity index (χ4n) is 4.65. The molecule has 1 aliphatic rings. The molecule has 0 unspecified atom stereocenters. The van der Waals surface area contributed by atoms with Crippen LogP contribution in [-0.4, -0.2) is 52.1 Å². The summed E-state index contributed by atoms with van der Waals surface area (Å²) in [7, 11) is 0. The Hall–Kier alpha value is -4.28. The molecular weight excluding hydrogens is 544 g/mol. The standard InChI is InChI=1S/C29H27ClN8OS/c1-19-16-20(30)9-10-22(19)33-29(39)36-28-34-26(38-14-12-37(13-15-38)25-8-4-5-11-31-25)17-27(35-28)40-24-18-32-23-7-3-2-6-21(23)24/h2-11,16-18,32H,12-15H2,1H3,(H2,33,34,35,36,39). The van der Waals surface area contributed by atoms with Gasteiger partial charge in [-0.3, -0.25) is 5.32 Å². The van der Waals surface area contributed by atoms with E-state index in [2.05, 4.69) is 41.5 Å². The number of fused-ring (bicyclic) bond motifs is 1. The molecule has 0 radical (unpaired) electrons. The topological polar surface area (TPSA) is 102 Å². The van der Waals surface area contributed by atoms with Crippen LogP contribution in [-0.2, 0) is 0 Å². The fraction of sp³-hybridized carbons (Fsp3) is 0.172. The molecule has 1 aliphatic heterocycles. The van der Waals surface area contributed by atoms with Crippen LogP contribution in [0.2, 0.25) is 5.02 Å². The van der Waals surface area contributed by atoms with Gasteiger partial charge in [-0.25, -0.2) is 14.8 Å². The molecule has 1 saturated heterocycles. The molecule has 0 aliphatic carbocycles. The number of amides is 2. The number of H-pyrrole nitrogens is 1. The number of anilines is 4. The van der Waals surface area contributed by atoms with E-state index >= 15 is 0 Å². The molecule has 1 fully saturated rings. The molecule has 11 heteroatoms. The number of piperazine rings is 1. The molecule has 0 saturated carbocycles. The lowest BCUT2D eigenvalue weighted by molar-refractivity contribution is 0.262. The Balaban J connectivity index is 1.25. The van der Waals surface area contributed by atoms with Crippen molar-refractivity contribution in [2.75, 3.05) is 46.6 Å². The van der Waals surface area contributed by atoms with E-state index in [0.717, 1.165) is 64.2 Å². The van der Waals surface area contributed by atoms with E-state index in [9.17, 15) is 4.79 Å². The van der Waals surface area contributed by atoms with Crippen LogP contribution in [0.1, 0.15) is 5.56 Å². The van der Waals surface area contributed by atoms with E-state index in [1.807, 2.05) is 61.8 Å². The van der Waals surface area contributed by atoms with Crippen LogP contribution in [0.5, 0.6) is 0 Å². The van der Waals surface area contributed by atoms with Gasteiger partial charge in [-0.15, -0.1) is 0 Å². The summed E-state index contributed by atoms with van der Waals surface area (Å²) in [6, 6.07) is 21.0. The monoisotopic (exact) mass is 570 g/mol. The third kappa shape index (κ3) is 5.83. The van der Waals surface area contributed by atoms with Crippen molar-refractivity contribution in [1.29, 1.82) is 0 Å². The van der Waals surface area contributed by atoms with Crippen molar-refractivity contribution in [3.8, 4) is 0 Å². The highest BCUT2D eigenvalue weighted by Crippen LogP contribution is 2.34. The van der Waals surface area contributed by atoms with Crippen molar-refractivity contribution >= 4 is 63.6 Å². The highest BCUT2D eigenvalue weighted by Gasteiger charge is 2.21. The second kappa shape index (κ2) is 11.4.